The van der Waals surface area contributed by atoms with Gasteiger partial charge in [0.25, 0.3) is 0 Å². The Balaban J connectivity index is 0. The minimum absolute atomic E-state index is 0. The molecule has 5 heteroatoms. The molecule has 4 nitrogen and oxygen atoms in total. The number of rotatable bonds is 8. The van der Waals surface area contributed by atoms with E-state index >= 15 is 0 Å². The van der Waals surface area contributed by atoms with Crippen LogP contribution in [0.4, 0.5) is 0 Å². The Hall–Kier alpha value is 0.576. The summed E-state index contributed by atoms with van der Waals surface area (Å²) in [4.78, 5) is 20.2. The second-order valence-electron chi connectivity index (χ2n) is 3.06. The van der Waals surface area contributed by atoms with Crippen molar-refractivity contribution in [1.29, 1.82) is 0 Å². The normalized spacial score (nSPS) is 9.14. The van der Waals surface area contributed by atoms with Gasteiger partial charge in [0.15, 0.2) is 0 Å². The van der Waals surface area contributed by atoms with Gasteiger partial charge >= 0.3 is 11.9 Å². The number of hydrogen-bond acceptors (Lipinski definition) is 2. The summed E-state index contributed by atoms with van der Waals surface area (Å²) in [5.41, 5.74) is 0. The van der Waals surface area contributed by atoms with E-state index in [1.165, 1.54) is 0 Å². The monoisotopic (exact) mass is 227 g/mol. The first-order valence-electron chi connectivity index (χ1n) is 4.56. The van der Waals surface area contributed by atoms with E-state index in [0.29, 0.717) is 12.8 Å². The minimum atomic E-state index is -0.759. The van der Waals surface area contributed by atoms with Crippen LogP contribution in [0, 0.1) is 0 Å². The SMILES string of the molecule is O=C(O)CCCCCCCC(=O)O.[K]. The van der Waals surface area contributed by atoms with Crippen molar-refractivity contribution in [3.63, 3.8) is 0 Å². The van der Waals surface area contributed by atoms with Gasteiger partial charge in [-0.05, 0) is 12.8 Å². The Labute approximate surface area is 126 Å². The maximum Gasteiger partial charge on any atom is 0.303 e. The molecule has 0 rings (SSSR count). The maximum absolute atomic E-state index is 10.1. The van der Waals surface area contributed by atoms with E-state index in [4.69, 9.17) is 10.2 Å². The molecule has 0 saturated carbocycles. The summed E-state index contributed by atoms with van der Waals surface area (Å²) < 4.78 is 0. The van der Waals surface area contributed by atoms with E-state index in [1.54, 1.807) is 0 Å². The van der Waals surface area contributed by atoms with Crippen LogP contribution in [0.3, 0.4) is 0 Å². The summed E-state index contributed by atoms with van der Waals surface area (Å²) in [5, 5.41) is 16.6. The average Bonchev–Trinajstić information content (AvgIpc) is 2.01. The minimum Gasteiger partial charge on any atom is -0.481 e. The summed E-state index contributed by atoms with van der Waals surface area (Å²) in [5.74, 6) is -1.52. The van der Waals surface area contributed by atoms with Gasteiger partial charge in [-0.15, -0.1) is 0 Å². The van der Waals surface area contributed by atoms with E-state index in [2.05, 4.69) is 0 Å². The third kappa shape index (κ3) is 15.1. The molecule has 0 atom stereocenters. The molecule has 0 saturated heterocycles. The molecular weight excluding hydrogens is 211 g/mol. The predicted octanol–water partition coefficient (Wildman–Crippen LogP) is 1.51. The molecule has 1 radical (unpaired) electrons. The smallest absolute Gasteiger partial charge is 0.303 e. The Bertz CT molecular complexity index is 152. The van der Waals surface area contributed by atoms with Crippen LogP contribution < -0.4 is 0 Å². The molecule has 2 N–H and O–H groups in total. The van der Waals surface area contributed by atoms with Crippen molar-refractivity contribution in [1.82, 2.24) is 0 Å². The first kappa shape index (κ1) is 17.0. The zero-order valence-electron chi connectivity index (χ0n) is 8.66. The third-order valence-corrected chi connectivity index (χ3v) is 1.78. The van der Waals surface area contributed by atoms with Gasteiger partial charge in [-0.2, -0.15) is 0 Å². The van der Waals surface area contributed by atoms with Gasteiger partial charge < -0.3 is 10.2 Å². The van der Waals surface area contributed by atoms with Gasteiger partial charge in [0.2, 0.25) is 0 Å². The van der Waals surface area contributed by atoms with Crippen LogP contribution in [0.2, 0.25) is 0 Å². The van der Waals surface area contributed by atoms with Crippen LogP contribution in [-0.4, -0.2) is 73.5 Å². The van der Waals surface area contributed by atoms with Crippen LogP contribution in [0.15, 0.2) is 0 Å². The van der Waals surface area contributed by atoms with Crippen LogP contribution in [0.25, 0.3) is 0 Å². The van der Waals surface area contributed by atoms with Crippen molar-refractivity contribution in [3.05, 3.63) is 0 Å². The summed E-state index contributed by atoms with van der Waals surface area (Å²) in [7, 11) is 0. The quantitative estimate of drug-likeness (QED) is 0.487. The number of carbonyl (C=O) groups is 2. The summed E-state index contributed by atoms with van der Waals surface area (Å²) >= 11 is 0. The summed E-state index contributed by atoms with van der Waals surface area (Å²) in [6, 6.07) is 0. The van der Waals surface area contributed by atoms with E-state index in [9.17, 15) is 9.59 Å². The zero-order valence-corrected chi connectivity index (χ0v) is 11.8. The fraction of sp³-hybridized carbons (Fsp3) is 0.778. The Morgan fingerprint density at radius 1 is 0.714 bits per heavy atom. The van der Waals surface area contributed by atoms with E-state index < -0.39 is 11.9 Å². The summed E-state index contributed by atoms with van der Waals surface area (Å²) in [6.07, 6.45) is 4.53. The van der Waals surface area contributed by atoms with E-state index in [0.717, 1.165) is 19.3 Å². The standard InChI is InChI=1S/C9H16O4.K/c10-8(11)6-4-2-1-3-5-7-9(12)13;/h1-7H2,(H,10,11)(H,12,13);. The Morgan fingerprint density at radius 3 is 1.29 bits per heavy atom. The van der Waals surface area contributed by atoms with Crippen LogP contribution in [-0.2, 0) is 9.59 Å². The Morgan fingerprint density at radius 2 is 1.00 bits per heavy atom. The van der Waals surface area contributed by atoms with E-state index in [-0.39, 0.29) is 64.2 Å². The van der Waals surface area contributed by atoms with Crippen molar-refractivity contribution in [3.8, 4) is 0 Å². The van der Waals surface area contributed by atoms with Gasteiger partial charge in [0.1, 0.15) is 0 Å². The van der Waals surface area contributed by atoms with Crippen molar-refractivity contribution < 1.29 is 19.8 Å². The molecule has 0 aliphatic heterocycles. The van der Waals surface area contributed by atoms with Crippen LogP contribution in [0.1, 0.15) is 44.9 Å². The van der Waals surface area contributed by atoms with Crippen molar-refractivity contribution in [2.45, 2.75) is 44.9 Å². The largest absolute Gasteiger partial charge is 0.481 e. The molecule has 0 fully saturated rings. The first-order valence-corrected chi connectivity index (χ1v) is 4.56. The molecule has 0 aliphatic rings. The fourth-order valence-corrected chi connectivity index (χ4v) is 1.08. The second kappa shape index (κ2) is 11.7. The van der Waals surface area contributed by atoms with Gasteiger partial charge in [0.05, 0.1) is 0 Å². The van der Waals surface area contributed by atoms with Gasteiger partial charge in [-0.3, -0.25) is 9.59 Å². The van der Waals surface area contributed by atoms with Crippen molar-refractivity contribution >= 4 is 63.3 Å². The van der Waals surface area contributed by atoms with Crippen LogP contribution in [0.5, 0.6) is 0 Å². The fourth-order valence-electron chi connectivity index (χ4n) is 1.08. The molecule has 77 valence electrons. The second-order valence-corrected chi connectivity index (χ2v) is 3.06. The molecule has 0 aromatic rings. The Kier molecular flexibility index (Phi) is 14.1. The van der Waals surface area contributed by atoms with Gasteiger partial charge in [0, 0.05) is 64.2 Å². The molecule has 14 heavy (non-hydrogen) atoms. The van der Waals surface area contributed by atoms with Crippen molar-refractivity contribution in [2.24, 2.45) is 0 Å². The molecule has 0 aromatic heterocycles. The molecule has 0 spiro atoms. The molecule has 0 unspecified atom stereocenters. The summed E-state index contributed by atoms with van der Waals surface area (Å²) in [6.45, 7) is 0. The predicted molar refractivity (Wildman–Crippen MR) is 53.3 cm³/mol. The average molecular weight is 227 g/mol. The molecule has 0 bridgehead atoms. The van der Waals surface area contributed by atoms with Gasteiger partial charge in [-0.1, -0.05) is 19.3 Å². The number of unbranched alkanes of at least 4 members (excludes halogenated alkanes) is 4. The van der Waals surface area contributed by atoms with Gasteiger partial charge in [-0.25, -0.2) is 0 Å². The molecule has 0 aliphatic carbocycles. The molecule has 0 amide bonds. The first-order chi connectivity index (χ1) is 6.13. The molecule has 0 heterocycles. The maximum atomic E-state index is 10.1. The van der Waals surface area contributed by atoms with Crippen LogP contribution >= 0.6 is 0 Å². The third-order valence-electron chi connectivity index (χ3n) is 1.78. The number of carboxylic acids is 2. The molecular formula is C9H16KO4. The number of aliphatic carboxylic acids is 2. The van der Waals surface area contributed by atoms with E-state index in [1.807, 2.05) is 0 Å². The topological polar surface area (TPSA) is 74.6 Å². The molecule has 0 aromatic carbocycles. The zero-order chi connectivity index (χ0) is 10.1. The number of hydrogen-bond donors (Lipinski definition) is 2. The number of carboxylic acid groups (broad SMARTS) is 2. The van der Waals surface area contributed by atoms with Crippen molar-refractivity contribution in [2.75, 3.05) is 0 Å².